The summed E-state index contributed by atoms with van der Waals surface area (Å²) in [7, 11) is 0. The van der Waals surface area contributed by atoms with Crippen molar-refractivity contribution < 1.29 is 73.8 Å². The minimum atomic E-state index is -1.76. The Morgan fingerprint density at radius 1 is 0.525 bits per heavy atom. The number of allylic oxidation sites excluding steroid dienone is 2. The van der Waals surface area contributed by atoms with Crippen molar-refractivity contribution in [1.82, 2.24) is 0 Å². The number of esters is 2. The Hall–Kier alpha value is -1.76. The molecule has 11 atom stereocenters. The zero-order chi connectivity index (χ0) is 43.3. The Morgan fingerprint density at radius 3 is 1.53 bits per heavy atom. The van der Waals surface area contributed by atoms with Crippen LogP contribution in [0, 0.1) is 0 Å². The van der Waals surface area contributed by atoms with Gasteiger partial charge in [-0.1, -0.05) is 122 Å². The summed E-state index contributed by atoms with van der Waals surface area (Å²) in [4.78, 5) is 25.6. The summed E-state index contributed by atoms with van der Waals surface area (Å²) in [6.45, 7) is 2.53. The molecule has 0 spiro atoms. The highest BCUT2D eigenvalue weighted by molar-refractivity contribution is 5.70. The van der Waals surface area contributed by atoms with Crippen molar-refractivity contribution in [2.24, 2.45) is 0 Å². The van der Waals surface area contributed by atoms with Gasteiger partial charge in [0, 0.05) is 12.8 Å². The summed E-state index contributed by atoms with van der Waals surface area (Å²) in [5.41, 5.74) is 0. The van der Waals surface area contributed by atoms with E-state index in [9.17, 15) is 45.3 Å². The van der Waals surface area contributed by atoms with E-state index >= 15 is 0 Å². The van der Waals surface area contributed by atoms with Crippen molar-refractivity contribution in [3.63, 3.8) is 0 Å². The third-order valence-electron chi connectivity index (χ3n) is 11.0. The normalized spacial score (nSPS) is 27.9. The number of rotatable bonds is 34. The smallest absolute Gasteiger partial charge is 0.306 e. The van der Waals surface area contributed by atoms with Crippen LogP contribution in [-0.2, 0) is 38.0 Å². The Labute approximate surface area is 352 Å². The lowest BCUT2D eigenvalue weighted by molar-refractivity contribution is -0.332. The highest BCUT2D eigenvalue weighted by Crippen LogP contribution is 2.26. The first kappa shape index (κ1) is 53.4. The monoisotopic (exact) mass is 849 g/mol. The summed E-state index contributed by atoms with van der Waals surface area (Å²) < 4.78 is 33.4. The molecule has 2 fully saturated rings. The van der Waals surface area contributed by atoms with Gasteiger partial charge < -0.3 is 64.2 Å². The van der Waals surface area contributed by atoms with Crippen LogP contribution in [0.3, 0.4) is 0 Å². The van der Waals surface area contributed by atoms with Crippen molar-refractivity contribution in [2.45, 2.75) is 229 Å². The van der Waals surface area contributed by atoms with Crippen LogP contribution in [0.5, 0.6) is 0 Å². The van der Waals surface area contributed by atoms with Gasteiger partial charge in [0.2, 0.25) is 0 Å². The van der Waals surface area contributed by atoms with Gasteiger partial charge >= 0.3 is 11.9 Å². The molecule has 2 aliphatic rings. The number of carbonyl (C=O) groups excluding carboxylic acids is 2. The topological polar surface area (TPSA) is 231 Å². The van der Waals surface area contributed by atoms with Gasteiger partial charge in [-0.25, -0.2) is 0 Å². The van der Waals surface area contributed by atoms with E-state index in [4.69, 9.17) is 28.4 Å². The lowest BCUT2D eigenvalue weighted by Gasteiger charge is -2.42. The molecule has 0 amide bonds. The summed E-state index contributed by atoms with van der Waals surface area (Å²) in [5, 5.41) is 71.8. The number of unbranched alkanes of at least 4 members (excludes halogenated alkanes) is 18. The first-order valence-electron chi connectivity index (χ1n) is 22.8. The van der Waals surface area contributed by atoms with Gasteiger partial charge in [-0.05, 0) is 38.5 Å². The molecule has 15 heteroatoms. The molecule has 0 aromatic heterocycles. The van der Waals surface area contributed by atoms with Gasteiger partial charge in [0.25, 0.3) is 0 Å². The Kier molecular flexibility index (Phi) is 29.8. The van der Waals surface area contributed by atoms with Crippen LogP contribution >= 0.6 is 0 Å². The van der Waals surface area contributed by atoms with E-state index in [1.54, 1.807) is 0 Å². The molecule has 2 saturated heterocycles. The molecule has 4 unspecified atom stereocenters. The highest BCUT2D eigenvalue weighted by atomic mass is 16.7. The van der Waals surface area contributed by atoms with Crippen molar-refractivity contribution in [2.75, 3.05) is 26.4 Å². The van der Waals surface area contributed by atoms with Gasteiger partial charge in [0.1, 0.15) is 55.4 Å². The van der Waals surface area contributed by atoms with Crippen molar-refractivity contribution >= 4 is 11.9 Å². The van der Waals surface area contributed by atoms with Crippen LogP contribution in [0.25, 0.3) is 0 Å². The Balaban J connectivity index is 1.87. The quantitative estimate of drug-likeness (QED) is 0.0266. The third-order valence-corrected chi connectivity index (χ3v) is 11.0. The lowest BCUT2D eigenvalue weighted by atomic mass is 9.98. The summed E-state index contributed by atoms with van der Waals surface area (Å²) in [6, 6.07) is 0. The molecule has 0 saturated carbocycles. The molecule has 0 aromatic rings. The van der Waals surface area contributed by atoms with E-state index < -0.39 is 92.7 Å². The summed E-state index contributed by atoms with van der Waals surface area (Å²) in [5.74, 6) is -0.933. The van der Waals surface area contributed by atoms with Crippen molar-refractivity contribution in [1.29, 1.82) is 0 Å². The number of aliphatic hydroxyl groups excluding tert-OH is 7. The second kappa shape index (κ2) is 32.9. The van der Waals surface area contributed by atoms with Gasteiger partial charge in [-0.15, -0.1) is 0 Å². The predicted molar refractivity (Wildman–Crippen MR) is 220 cm³/mol. The molecule has 2 heterocycles. The van der Waals surface area contributed by atoms with Crippen LogP contribution in [0.4, 0.5) is 0 Å². The standard InChI is InChI=1S/C44H80O15/c1-3-5-7-9-11-13-15-17-19-21-23-25-27-36(47)57-32(29-54-35(46)26-24-22-20-18-16-14-12-10-8-6-4-2)30-55-43-42(53)40(51)38(49)34(59-43)31-56-44-41(52)39(50)37(48)33(28-45)58-44/h11,13,32-34,37-45,48-53H,3-10,12,14-31H2,1-2H3/b13-11+/t32-,33-,34-,37+,38+,39?,40?,41?,42?,43-,44-/m1/s1. The first-order chi connectivity index (χ1) is 28.5. The molecule has 2 rings (SSSR count). The molecule has 59 heavy (non-hydrogen) atoms. The fourth-order valence-corrected chi connectivity index (χ4v) is 7.15. The predicted octanol–water partition coefficient (Wildman–Crippen LogP) is 4.65. The second-order valence-corrected chi connectivity index (χ2v) is 16.2. The molecule has 7 N–H and O–H groups in total. The Morgan fingerprint density at radius 2 is 0.966 bits per heavy atom. The first-order valence-corrected chi connectivity index (χ1v) is 22.8. The van der Waals surface area contributed by atoms with E-state index in [1.807, 2.05) is 0 Å². The molecule has 0 radical (unpaired) electrons. The number of carbonyl (C=O) groups is 2. The van der Waals surface area contributed by atoms with E-state index in [0.717, 1.165) is 57.8 Å². The van der Waals surface area contributed by atoms with E-state index in [1.165, 1.54) is 64.2 Å². The van der Waals surface area contributed by atoms with Crippen molar-refractivity contribution in [3.8, 4) is 0 Å². The van der Waals surface area contributed by atoms with E-state index in [-0.39, 0.29) is 26.1 Å². The molecule has 0 bridgehead atoms. The minimum absolute atomic E-state index is 0.158. The second-order valence-electron chi connectivity index (χ2n) is 16.2. The molecule has 0 aliphatic carbocycles. The van der Waals surface area contributed by atoms with Gasteiger partial charge in [0.05, 0.1) is 19.8 Å². The summed E-state index contributed by atoms with van der Waals surface area (Å²) >= 11 is 0. The fourth-order valence-electron chi connectivity index (χ4n) is 7.15. The van der Waals surface area contributed by atoms with E-state index in [0.29, 0.717) is 12.8 Å². The molecular formula is C44H80O15. The van der Waals surface area contributed by atoms with Crippen LogP contribution in [0.2, 0.25) is 0 Å². The SMILES string of the molecule is CCCCC/C=C/CCCCCCCC(=O)O[C@H](COC(=O)CCCCCCCCCCCCC)CO[C@@H]1O[C@H](CO[C@@H]2O[C@H](CO)[C@H](O)C(O)C2O)[C@H](O)C(O)C1O. The number of hydrogen-bond donors (Lipinski definition) is 7. The molecular weight excluding hydrogens is 768 g/mol. The third kappa shape index (κ3) is 22.2. The molecule has 346 valence electrons. The van der Waals surface area contributed by atoms with Crippen LogP contribution in [0.15, 0.2) is 12.2 Å². The number of aliphatic hydroxyl groups is 7. The Bertz CT molecular complexity index is 1090. The van der Waals surface area contributed by atoms with Crippen LogP contribution in [-0.4, -0.2) is 142 Å². The lowest BCUT2D eigenvalue weighted by Crippen LogP contribution is -2.61. The van der Waals surface area contributed by atoms with Crippen molar-refractivity contribution in [3.05, 3.63) is 12.2 Å². The average Bonchev–Trinajstić information content (AvgIpc) is 3.23. The van der Waals surface area contributed by atoms with Gasteiger partial charge in [-0.2, -0.15) is 0 Å². The minimum Gasteiger partial charge on any atom is -0.462 e. The number of hydrogen-bond acceptors (Lipinski definition) is 15. The highest BCUT2D eigenvalue weighted by Gasteiger charge is 2.47. The fraction of sp³-hybridized carbons (Fsp3) is 0.909. The number of ether oxygens (including phenoxy) is 6. The van der Waals surface area contributed by atoms with Crippen LogP contribution in [0.1, 0.15) is 162 Å². The van der Waals surface area contributed by atoms with E-state index in [2.05, 4.69) is 26.0 Å². The van der Waals surface area contributed by atoms with Gasteiger partial charge in [0.15, 0.2) is 18.7 Å². The maximum Gasteiger partial charge on any atom is 0.306 e. The largest absolute Gasteiger partial charge is 0.462 e. The molecule has 2 aliphatic heterocycles. The summed E-state index contributed by atoms with van der Waals surface area (Å²) in [6.07, 6.45) is 11.2. The average molecular weight is 849 g/mol. The maximum absolute atomic E-state index is 12.9. The zero-order valence-electron chi connectivity index (χ0n) is 36.0. The molecule has 15 nitrogen and oxygen atoms in total. The maximum atomic E-state index is 12.9. The van der Waals surface area contributed by atoms with Crippen LogP contribution < -0.4 is 0 Å². The van der Waals surface area contributed by atoms with Gasteiger partial charge in [-0.3, -0.25) is 9.59 Å². The zero-order valence-corrected chi connectivity index (χ0v) is 36.0. The molecule has 0 aromatic carbocycles.